The Balaban J connectivity index is 1.38. The van der Waals surface area contributed by atoms with Gasteiger partial charge in [-0.05, 0) is 79.2 Å². The van der Waals surface area contributed by atoms with Gasteiger partial charge in [0.25, 0.3) is 0 Å². The number of hydrogen-bond donors (Lipinski definition) is 0. The largest absolute Gasteiger partial charge is 0.298 e. The Morgan fingerprint density at radius 3 is 1.42 bits per heavy atom. The highest BCUT2D eigenvalue weighted by Crippen LogP contribution is 2.45. The van der Waals surface area contributed by atoms with Crippen LogP contribution in [0.2, 0.25) is 0 Å². The molecule has 0 saturated carbocycles. The first-order valence-electron chi connectivity index (χ1n) is 16.1. The van der Waals surface area contributed by atoms with Gasteiger partial charge in [0, 0.05) is 5.69 Å². The lowest BCUT2D eigenvalue weighted by atomic mass is 9.42. The molecule has 10 heteroatoms. The Hall–Kier alpha value is -4.95. The van der Waals surface area contributed by atoms with Gasteiger partial charge in [0.1, 0.15) is 39.2 Å². The van der Waals surface area contributed by atoms with Crippen LogP contribution in [0.5, 0.6) is 0 Å². The van der Waals surface area contributed by atoms with Crippen LogP contribution in [0.3, 0.4) is 0 Å². The van der Waals surface area contributed by atoms with Crippen LogP contribution >= 0.6 is 0 Å². The van der Waals surface area contributed by atoms with Gasteiger partial charge in [0.05, 0.1) is 40.4 Å². The third-order valence-corrected chi connectivity index (χ3v) is 9.46. The summed E-state index contributed by atoms with van der Waals surface area (Å²) < 4.78 is 1.91. The van der Waals surface area contributed by atoms with Gasteiger partial charge in [-0.25, -0.2) is 4.98 Å². The van der Waals surface area contributed by atoms with Crippen molar-refractivity contribution in [2.45, 2.75) is 5.11 Å². The van der Waals surface area contributed by atoms with Gasteiger partial charge >= 0.3 is 0 Å². The zero-order valence-electron chi connectivity index (χ0n) is 27.1. The summed E-state index contributed by atoms with van der Waals surface area (Å²) in [6.07, 6.45) is 0. The number of para-hydroxylation sites is 2. The molecule has 0 saturated heterocycles. The van der Waals surface area contributed by atoms with Crippen molar-refractivity contribution in [3.63, 3.8) is 0 Å². The molecule has 0 spiro atoms. The fourth-order valence-corrected chi connectivity index (χ4v) is 7.14. The van der Waals surface area contributed by atoms with Gasteiger partial charge in [-0.3, -0.25) is 4.57 Å². The van der Waals surface area contributed by atoms with Gasteiger partial charge < -0.3 is 0 Å². The fourth-order valence-electron chi connectivity index (χ4n) is 7.14. The molecule has 0 aliphatic heterocycles. The number of rotatable bonds is 5. The summed E-state index contributed by atoms with van der Waals surface area (Å²) in [5.41, 5.74) is 9.03. The predicted molar refractivity (Wildman–Crippen MR) is 218 cm³/mol. The van der Waals surface area contributed by atoms with E-state index in [1.807, 2.05) is 71.3 Å². The minimum atomic E-state index is -1.64. The zero-order chi connectivity index (χ0) is 34.9. The maximum Gasteiger partial charge on any atom is 0.113 e. The summed E-state index contributed by atoms with van der Waals surface area (Å²) in [5, 5.41) is 2.59. The molecule has 16 radical (unpaired) electrons. The van der Waals surface area contributed by atoms with Gasteiger partial charge in [-0.2, -0.15) is 0 Å². The Bertz CT molecular complexity index is 2550. The van der Waals surface area contributed by atoms with Crippen LogP contribution in [0.1, 0.15) is 5.82 Å². The predicted octanol–water partition coefficient (Wildman–Crippen LogP) is 2.92. The Morgan fingerprint density at radius 1 is 0.440 bits per heavy atom. The van der Waals surface area contributed by atoms with Crippen molar-refractivity contribution < 1.29 is 0 Å². The standard InChI is InChI=1S/C40H20B8N2/c41-34-33(35(42)37(44)38(45)36(34)43)28-14-6-5-13-27(28)32-25-11-3-1-9-23(25)31(24-10-2-4-12-26(24)32)21-17-19-22(20-18-21)50-30-16-8-7-15-29(30)49-39(50)40(46,47)48/h1-20H. The van der Waals surface area contributed by atoms with Crippen LogP contribution in [0.25, 0.3) is 71.6 Å². The summed E-state index contributed by atoms with van der Waals surface area (Å²) >= 11 is 0. The molecule has 7 aromatic carbocycles. The van der Waals surface area contributed by atoms with Gasteiger partial charge in [0.15, 0.2) is 0 Å². The molecule has 0 fully saturated rings. The smallest absolute Gasteiger partial charge is 0.113 e. The number of benzene rings is 7. The SMILES string of the molecule is [B]c1c([B])c([B])c(-c2ccccc2-c2c3ccccc3c(-c3ccc(-n4c(C([B])([B])[B])nc5ccccc54)cc3)c3ccccc23)c([B])c1[B]. The van der Waals surface area contributed by atoms with E-state index in [1.165, 1.54) is 0 Å². The minimum absolute atomic E-state index is 0.179. The zero-order valence-corrected chi connectivity index (χ0v) is 27.1. The second-order valence-electron chi connectivity index (χ2n) is 12.6. The van der Waals surface area contributed by atoms with Gasteiger partial charge in [0.2, 0.25) is 0 Å². The molecule has 1 heterocycles. The van der Waals surface area contributed by atoms with Crippen LogP contribution in [0, 0.1) is 0 Å². The molecule has 0 N–H and O–H groups in total. The molecule has 214 valence electrons. The van der Waals surface area contributed by atoms with E-state index in [0.717, 1.165) is 66.1 Å². The van der Waals surface area contributed by atoms with Crippen molar-refractivity contribution in [3.05, 3.63) is 127 Å². The fraction of sp³-hybridized carbons (Fsp3) is 0.0250. The number of nitrogens with zero attached hydrogens (tertiary/aromatic N) is 2. The number of imidazole rings is 1. The summed E-state index contributed by atoms with van der Waals surface area (Å²) in [5.74, 6) is 0.358. The van der Waals surface area contributed by atoms with E-state index in [1.54, 1.807) is 0 Å². The molecule has 8 aromatic rings. The summed E-state index contributed by atoms with van der Waals surface area (Å²) in [6.45, 7) is 0. The summed E-state index contributed by atoms with van der Waals surface area (Å²) in [6, 6.07) is 40.8. The first-order chi connectivity index (χ1) is 24.1. The second-order valence-corrected chi connectivity index (χ2v) is 12.6. The lowest BCUT2D eigenvalue weighted by Gasteiger charge is -2.24. The van der Waals surface area contributed by atoms with Crippen LogP contribution in [-0.2, 0) is 5.11 Å². The van der Waals surface area contributed by atoms with Crippen LogP contribution in [0.4, 0.5) is 0 Å². The highest BCUT2D eigenvalue weighted by atomic mass is 15.1. The summed E-state index contributed by atoms with van der Waals surface area (Å²) in [4.78, 5) is 4.67. The molecule has 0 amide bonds. The van der Waals surface area contributed by atoms with Crippen molar-refractivity contribution in [3.8, 4) is 39.1 Å². The van der Waals surface area contributed by atoms with Crippen LogP contribution in [-0.4, -0.2) is 72.3 Å². The Morgan fingerprint density at radius 2 is 0.880 bits per heavy atom. The molecule has 8 rings (SSSR count). The Kier molecular flexibility index (Phi) is 7.83. The first kappa shape index (κ1) is 32.3. The van der Waals surface area contributed by atoms with E-state index in [2.05, 4.69) is 59.6 Å². The normalized spacial score (nSPS) is 11.8. The molecule has 0 bridgehead atoms. The molecule has 0 unspecified atom stereocenters. The first-order valence-corrected chi connectivity index (χ1v) is 16.1. The number of aromatic nitrogens is 2. The topological polar surface area (TPSA) is 17.8 Å². The van der Waals surface area contributed by atoms with Crippen molar-refractivity contribution >= 4 is 123 Å². The molecule has 1 aromatic heterocycles. The lowest BCUT2D eigenvalue weighted by molar-refractivity contribution is 0.929. The minimum Gasteiger partial charge on any atom is -0.298 e. The quantitative estimate of drug-likeness (QED) is 0.215. The molecular weight excluding hydrogens is 595 g/mol. The lowest BCUT2D eigenvalue weighted by Crippen LogP contribution is -2.55. The van der Waals surface area contributed by atoms with Crippen molar-refractivity contribution in [1.82, 2.24) is 9.55 Å². The van der Waals surface area contributed by atoms with Crippen LogP contribution in [0.15, 0.2) is 121 Å². The average molecular weight is 615 g/mol. The highest BCUT2D eigenvalue weighted by Gasteiger charge is 2.24. The van der Waals surface area contributed by atoms with E-state index in [0.29, 0.717) is 11.4 Å². The third kappa shape index (κ3) is 5.03. The number of hydrogen-bond acceptors (Lipinski definition) is 1. The molecular formula is C40H20B8N2. The Labute approximate surface area is 302 Å². The van der Waals surface area contributed by atoms with Gasteiger partial charge in [-0.1, -0.05) is 113 Å². The van der Waals surface area contributed by atoms with Crippen molar-refractivity contribution in [2.24, 2.45) is 0 Å². The molecule has 0 atom stereocenters. The maximum absolute atomic E-state index is 6.60. The van der Waals surface area contributed by atoms with E-state index in [9.17, 15) is 0 Å². The van der Waals surface area contributed by atoms with E-state index in [4.69, 9.17) is 62.8 Å². The van der Waals surface area contributed by atoms with E-state index >= 15 is 0 Å². The van der Waals surface area contributed by atoms with Gasteiger partial charge in [-0.15, -0.1) is 16.4 Å². The monoisotopic (exact) mass is 616 g/mol. The number of fused-ring (bicyclic) bond motifs is 3. The second kappa shape index (κ2) is 12.1. The molecule has 2 nitrogen and oxygen atoms in total. The van der Waals surface area contributed by atoms with E-state index < -0.39 is 5.11 Å². The van der Waals surface area contributed by atoms with E-state index in [-0.39, 0.29) is 27.3 Å². The third-order valence-electron chi connectivity index (χ3n) is 9.46. The highest BCUT2D eigenvalue weighted by molar-refractivity contribution is 6.68. The molecule has 50 heavy (non-hydrogen) atoms. The summed E-state index contributed by atoms with van der Waals surface area (Å²) in [7, 11) is 50.6. The van der Waals surface area contributed by atoms with Crippen molar-refractivity contribution in [1.29, 1.82) is 0 Å². The van der Waals surface area contributed by atoms with Crippen molar-refractivity contribution in [2.75, 3.05) is 0 Å². The molecule has 0 aliphatic carbocycles. The van der Waals surface area contributed by atoms with Crippen LogP contribution < -0.4 is 27.3 Å². The maximum atomic E-state index is 6.60. The average Bonchev–Trinajstić information content (AvgIpc) is 3.53. The molecule has 0 aliphatic rings.